The monoisotopic (exact) mass is 420 g/mol. The maximum absolute atomic E-state index is 12.0. The molecule has 0 aliphatic rings. The van der Waals surface area contributed by atoms with Crippen molar-refractivity contribution in [1.82, 2.24) is 20.1 Å². The van der Waals surface area contributed by atoms with Crippen LogP contribution >= 0.6 is 11.8 Å². The Hall–Kier alpha value is -2.55. The van der Waals surface area contributed by atoms with Gasteiger partial charge in [0, 0.05) is 18.7 Å². The Morgan fingerprint density at radius 3 is 2.59 bits per heavy atom. The molecule has 1 amide bonds. The van der Waals surface area contributed by atoms with Crippen LogP contribution in [0.15, 0.2) is 29.4 Å². The van der Waals surface area contributed by atoms with Crippen LogP contribution in [0.3, 0.4) is 0 Å². The third-order valence-electron chi connectivity index (χ3n) is 4.12. The van der Waals surface area contributed by atoms with Gasteiger partial charge in [-0.3, -0.25) is 9.59 Å². The van der Waals surface area contributed by atoms with Crippen molar-refractivity contribution in [2.45, 2.75) is 51.2 Å². The van der Waals surface area contributed by atoms with Crippen LogP contribution in [0, 0.1) is 0 Å². The normalized spacial score (nSPS) is 10.7. The van der Waals surface area contributed by atoms with Crippen molar-refractivity contribution >= 4 is 23.6 Å². The summed E-state index contributed by atoms with van der Waals surface area (Å²) in [6.45, 7) is 5.50. The molecule has 0 unspecified atom stereocenters. The Kier molecular flexibility index (Phi) is 9.49. The highest BCUT2D eigenvalue weighted by atomic mass is 32.2. The van der Waals surface area contributed by atoms with Gasteiger partial charge in [0.1, 0.15) is 5.75 Å². The summed E-state index contributed by atoms with van der Waals surface area (Å²) in [6, 6.07) is 7.40. The first-order chi connectivity index (χ1) is 14.0. The van der Waals surface area contributed by atoms with Crippen molar-refractivity contribution in [2.24, 2.45) is 0 Å². The Bertz CT molecular complexity index is 792. The number of aliphatic carboxylic acids is 1. The Morgan fingerprint density at radius 2 is 1.93 bits per heavy atom. The van der Waals surface area contributed by atoms with Gasteiger partial charge in [-0.25, -0.2) is 0 Å². The Balaban J connectivity index is 2.09. The fraction of sp³-hybridized carbons (Fsp3) is 0.500. The molecule has 0 aliphatic heterocycles. The molecular formula is C20H28N4O4S. The van der Waals surface area contributed by atoms with E-state index in [-0.39, 0.29) is 24.6 Å². The van der Waals surface area contributed by atoms with E-state index >= 15 is 0 Å². The lowest BCUT2D eigenvalue weighted by Crippen LogP contribution is -2.26. The quantitative estimate of drug-likeness (QED) is 0.378. The van der Waals surface area contributed by atoms with Gasteiger partial charge in [0.25, 0.3) is 0 Å². The second kappa shape index (κ2) is 12.1. The van der Waals surface area contributed by atoms with E-state index in [1.165, 1.54) is 11.8 Å². The number of carbonyl (C=O) groups is 2. The molecule has 158 valence electrons. The van der Waals surface area contributed by atoms with Crippen LogP contribution in [-0.4, -0.2) is 50.7 Å². The molecule has 0 bridgehead atoms. The molecule has 0 atom stereocenters. The largest absolute Gasteiger partial charge is 0.494 e. The van der Waals surface area contributed by atoms with E-state index in [2.05, 4.69) is 22.4 Å². The lowest BCUT2D eigenvalue weighted by atomic mass is 10.2. The number of unbranched alkanes of at least 4 members (excludes halogenated alkanes) is 2. The summed E-state index contributed by atoms with van der Waals surface area (Å²) in [7, 11) is 0. The molecule has 0 saturated carbocycles. The number of amides is 1. The molecule has 1 aromatic carbocycles. The van der Waals surface area contributed by atoms with Crippen molar-refractivity contribution in [2.75, 3.05) is 18.9 Å². The van der Waals surface area contributed by atoms with Crippen LogP contribution in [0.25, 0.3) is 11.4 Å². The van der Waals surface area contributed by atoms with Crippen molar-refractivity contribution in [3.63, 3.8) is 0 Å². The van der Waals surface area contributed by atoms with E-state index < -0.39 is 5.97 Å². The minimum Gasteiger partial charge on any atom is -0.494 e. The Labute approximate surface area is 175 Å². The van der Waals surface area contributed by atoms with Crippen molar-refractivity contribution < 1.29 is 19.4 Å². The summed E-state index contributed by atoms with van der Waals surface area (Å²) in [5.74, 6) is 0.561. The molecule has 0 saturated heterocycles. The van der Waals surface area contributed by atoms with Crippen LogP contribution in [-0.2, 0) is 16.1 Å². The SMILES string of the molecule is CCCCCNC(=O)CSc1nnc(-c2ccc(OCC)cc2)n1CCC(=O)O. The number of carboxylic acids is 1. The highest BCUT2D eigenvalue weighted by Gasteiger charge is 2.16. The molecule has 1 aromatic heterocycles. The van der Waals surface area contributed by atoms with E-state index in [0.29, 0.717) is 24.1 Å². The maximum atomic E-state index is 12.0. The van der Waals surface area contributed by atoms with E-state index in [9.17, 15) is 9.59 Å². The average molecular weight is 421 g/mol. The van der Waals surface area contributed by atoms with Crippen molar-refractivity contribution in [3.8, 4) is 17.1 Å². The van der Waals surface area contributed by atoms with Gasteiger partial charge >= 0.3 is 5.97 Å². The standard InChI is InChI=1S/C20H28N4O4S/c1-3-5-6-12-21-17(25)14-29-20-23-22-19(24(20)13-11-18(26)27)15-7-9-16(10-8-15)28-4-2/h7-10H,3-6,11-14H2,1-2H3,(H,21,25)(H,26,27). The molecule has 2 rings (SSSR count). The van der Waals surface area contributed by atoms with Gasteiger partial charge in [-0.2, -0.15) is 0 Å². The first kappa shape index (κ1) is 22.7. The average Bonchev–Trinajstić information content (AvgIpc) is 3.11. The molecule has 0 fully saturated rings. The zero-order valence-electron chi connectivity index (χ0n) is 16.9. The van der Waals surface area contributed by atoms with Gasteiger partial charge in [0.15, 0.2) is 11.0 Å². The predicted molar refractivity (Wildman–Crippen MR) is 112 cm³/mol. The van der Waals surface area contributed by atoms with Crippen molar-refractivity contribution in [1.29, 1.82) is 0 Å². The summed E-state index contributed by atoms with van der Waals surface area (Å²) < 4.78 is 7.20. The number of hydrogen-bond donors (Lipinski definition) is 2. The zero-order chi connectivity index (χ0) is 21.1. The molecule has 0 radical (unpaired) electrons. The molecule has 0 aliphatic carbocycles. The predicted octanol–water partition coefficient (Wildman–Crippen LogP) is 3.22. The number of carboxylic acid groups (broad SMARTS) is 1. The maximum Gasteiger partial charge on any atom is 0.305 e. The number of ether oxygens (including phenoxy) is 1. The fourth-order valence-corrected chi connectivity index (χ4v) is 3.46. The smallest absolute Gasteiger partial charge is 0.305 e. The van der Waals surface area contributed by atoms with Crippen LogP contribution in [0.1, 0.15) is 39.5 Å². The lowest BCUT2D eigenvalue weighted by Gasteiger charge is -2.10. The number of nitrogens with zero attached hydrogens (tertiary/aromatic N) is 3. The first-order valence-corrected chi connectivity index (χ1v) is 10.8. The van der Waals surface area contributed by atoms with E-state index in [4.69, 9.17) is 9.84 Å². The van der Waals surface area contributed by atoms with Crippen LogP contribution < -0.4 is 10.1 Å². The molecule has 2 N–H and O–H groups in total. The highest BCUT2D eigenvalue weighted by molar-refractivity contribution is 7.99. The number of benzene rings is 1. The third kappa shape index (κ3) is 7.41. The minimum absolute atomic E-state index is 0.0567. The van der Waals surface area contributed by atoms with Gasteiger partial charge in [-0.15, -0.1) is 10.2 Å². The first-order valence-electron chi connectivity index (χ1n) is 9.82. The zero-order valence-corrected chi connectivity index (χ0v) is 17.7. The molecule has 2 aromatic rings. The Morgan fingerprint density at radius 1 is 1.17 bits per heavy atom. The number of hydrogen-bond acceptors (Lipinski definition) is 6. The second-order valence-electron chi connectivity index (χ2n) is 6.40. The molecule has 9 heteroatoms. The van der Waals surface area contributed by atoms with E-state index in [1.807, 2.05) is 31.2 Å². The van der Waals surface area contributed by atoms with Gasteiger partial charge in [-0.1, -0.05) is 31.5 Å². The molecule has 8 nitrogen and oxygen atoms in total. The number of rotatable bonds is 13. The summed E-state index contributed by atoms with van der Waals surface area (Å²) in [5, 5.41) is 20.9. The number of aromatic nitrogens is 3. The topological polar surface area (TPSA) is 106 Å². The van der Waals surface area contributed by atoms with Crippen LogP contribution in [0.4, 0.5) is 0 Å². The highest BCUT2D eigenvalue weighted by Crippen LogP contribution is 2.26. The third-order valence-corrected chi connectivity index (χ3v) is 5.09. The van der Waals surface area contributed by atoms with Gasteiger partial charge in [0.2, 0.25) is 5.91 Å². The minimum atomic E-state index is -0.902. The van der Waals surface area contributed by atoms with E-state index in [0.717, 1.165) is 30.6 Å². The summed E-state index contributed by atoms with van der Waals surface area (Å²) in [6.07, 6.45) is 3.09. The molecule has 29 heavy (non-hydrogen) atoms. The number of thioether (sulfide) groups is 1. The molecule has 1 heterocycles. The second-order valence-corrected chi connectivity index (χ2v) is 7.35. The summed E-state index contributed by atoms with van der Waals surface area (Å²) >= 11 is 1.26. The van der Waals surface area contributed by atoms with E-state index in [1.54, 1.807) is 4.57 Å². The van der Waals surface area contributed by atoms with Gasteiger partial charge < -0.3 is 19.7 Å². The molecular weight excluding hydrogens is 392 g/mol. The number of carbonyl (C=O) groups excluding carboxylic acids is 1. The van der Waals surface area contributed by atoms with Crippen LogP contribution in [0.5, 0.6) is 5.75 Å². The lowest BCUT2D eigenvalue weighted by molar-refractivity contribution is -0.137. The van der Waals surface area contributed by atoms with Gasteiger partial charge in [0.05, 0.1) is 18.8 Å². The summed E-state index contributed by atoms with van der Waals surface area (Å²) in [5.41, 5.74) is 0.808. The fourth-order valence-electron chi connectivity index (χ4n) is 2.67. The van der Waals surface area contributed by atoms with Gasteiger partial charge in [-0.05, 0) is 37.6 Å². The number of nitrogens with one attached hydrogen (secondary N) is 1. The summed E-state index contributed by atoms with van der Waals surface area (Å²) in [4.78, 5) is 23.1. The van der Waals surface area contributed by atoms with Crippen LogP contribution in [0.2, 0.25) is 0 Å². The van der Waals surface area contributed by atoms with Crippen molar-refractivity contribution in [3.05, 3.63) is 24.3 Å². The molecule has 0 spiro atoms.